The van der Waals surface area contributed by atoms with Crippen molar-refractivity contribution in [1.82, 2.24) is 14.9 Å². The van der Waals surface area contributed by atoms with Crippen LogP contribution in [0.5, 0.6) is 0 Å². The van der Waals surface area contributed by atoms with Crippen LogP contribution in [0.4, 0.5) is 5.82 Å². The Hall–Kier alpha value is -3.15. The van der Waals surface area contributed by atoms with Crippen LogP contribution in [-0.2, 0) is 6.54 Å². The maximum Gasteiger partial charge on any atom is 0.129 e. The predicted molar refractivity (Wildman–Crippen MR) is 158 cm³/mol. The number of nitrogens with zero attached hydrogens (tertiary/aromatic N) is 3. The minimum Gasteiger partial charge on any atom is -0.384 e. The van der Waals surface area contributed by atoms with E-state index in [-0.39, 0.29) is 6.17 Å². The Morgan fingerprint density at radius 2 is 1.41 bits per heavy atom. The number of nitrogen functional groups attached to an aromatic ring is 1. The molecule has 3 heterocycles. The second-order valence-corrected chi connectivity index (χ2v) is 10.4. The van der Waals surface area contributed by atoms with Crippen molar-refractivity contribution >= 4 is 17.4 Å². The standard InChI is InChI=1S/C15H20N2.C8H10ClN.C8H12N2/c1-12(2)14-8-9-15(16)17(11-14)10-13-6-4-3-5-7-13;2*1-6(2)7-3-4-8(9)10-5-7/h3-9,11-12,15H,10,16H2,1-2H3;3-6H,1-2H3;3-6H,1-2H3,(H2,9,10). The molecule has 1 aliphatic rings. The highest BCUT2D eigenvalue weighted by Gasteiger charge is 2.14. The van der Waals surface area contributed by atoms with Gasteiger partial charge in [-0.05, 0) is 58.2 Å². The summed E-state index contributed by atoms with van der Waals surface area (Å²) in [5.41, 5.74) is 16.6. The first-order valence-electron chi connectivity index (χ1n) is 12.8. The van der Waals surface area contributed by atoms with Gasteiger partial charge in [0.1, 0.15) is 11.0 Å². The van der Waals surface area contributed by atoms with Gasteiger partial charge in [0.15, 0.2) is 0 Å². The topological polar surface area (TPSA) is 81.1 Å². The van der Waals surface area contributed by atoms with E-state index >= 15 is 0 Å². The fourth-order valence-electron chi connectivity index (χ4n) is 3.41. The molecule has 6 heteroatoms. The van der Waals surface area contributed by atoms with Crippen molar-refractivity contribution < 1.29 is 0 Å². The van der Waals surface area contributed by atoms with E-state index in [4.69, 9.17) is 23.1 Å². The highest BCUT2D eigenvalue weighted by atomic mass is 35.5. The van der Waals surface area contributed by atoms with Crippen LogP contribution in [0.2, 0.25) is 5.15 Å². The van der Waals surface area contributed by atoms with Crippen LogP contribution < -0.4 is 11.5 Å². The van der Waals surface area contributed by atoms with Crippen LogP contribution >= 0.6 is 11.6 Å². The molecule has 2 aromatic heterocycles. The molecule has 0 saturated heterocycles. The zero-order chi connectivity index (χ0) is 27.4. The average molecular weight is 520 g/mol. The summed E-state index contributed by atoms with van der Waals surface area (Å²) >= 11 is 5.61. The van der Waals surface area contributed by atoms with E-state index < -0.39 is 0 Å². The molecular formula is C31H42ClN5. The minimum atomic E-state index is -0.0160. The molecule has 0 radical (unpaired) electrons. The Bertz CT molecular complexity index is 1060. The Labute approximate surface area is 228 Å². The molecule has 0 saturated carbocycles. The molecule has 0 amide bonds. The first kappa shape index (κ1) is 30.1. The van der Waals surface area contributed by atoms with Crippen LogP contribution in [0.1, 0.15) is 70.1 Å². The number of benzene rings is 1. The quantitative estimate of drug-likeness (QED) is 0.340. The largest absolute Gasteiger partial charge is 0.384 e. The van der Waals surface area contributed by atoms with E-state index in [2.05, 4.69) is 99.0 Å². The highest BCUT2D eigenvalue weighted by Crippen LogP contribution is 2.20. The summed E-state index contributed by atoms with van der Waals surface area (Å²) in [6, 6.07) is 18.1. The molecule has 0 aliphatic carbocycles. The van der Waals surface area contributed by atoms with Gasteiger partial charge in [-0.3, -0.25) is 0 Å². The molecule has 37 heavy (non-hydrogen) atoms. The number of pyridine rings is 2. The van der Waals surface area contributed by atoms with E-state index in [1.807, 2.05) is 42.7 Å². The van der Waals surface area contributed by atoms with Gasteiger partial charge in [-0.25, -0.2) is 9.97 Å². The Morgan fingerprint density at radius 1 is 0.811 bits per heavy atom. The van der Waals surface area contributed by atoms with Gasteiger partial charge in [0.05, 0.1) is 6.17 Å². The molecule has 198 valence electrons. The van der Waals surface area contributed by atoms with E-state index in [0.717, 1.165) is 6.54 Å². The van der Waals surface area contributed by atoms with E-state index in [1.54, 1.807) is 0 Å². The smallest absolute Gasteiger partial charge is 0.129 e. The van der Waals surface area contributed by atoms with Crippen LogP contribution in [0, 0.1) is 5.92 Å². The lowest BCUT2D eigenvalue weighted by atomic mass is 10.0. The van der Waals surface area contributed by atoms with Gasteiger partial charge in [-0.15, -0.1) is 0 Å². The molecule has 1 atom stereocenters. The van der Waals surface area contributed by atoms with Crippen LogP contribution in [0.3, 0.4) is 0 Å². The Kier molecular flexibility index (Phi) is 12.3. The third-order valence-corrected chi connectivity index (χ3v) is 6.17. The van der Waals surface area contributed by atoms with Crippen molar-refractivity contribution in [3.63, 3.8) is 0 Å². The average Bonchev–Trinajstić information content (AvgIpc) is 2.87. The molecule has 1 unspecified atom stereocenters. The number of halogens is 1. The lowest BCUT2D eigenvalue weighted by molar-refractivity contribution is 0.308. The van der Waals surface area contributed by atoms with Crippen LogP contribution in [0.25, 0.3) is 0 Å². The molecule has 4 rings (SSSR count). The zero-order valence-corrected chi connectivity index (χ0v) is 23.7. The van der Waals surface area contributed by atoms with Crippen molar-refractivity contribution in [2.75, 3.05) is 5.73 Å². The normalized spacial score (nSPS) is 14.6. The van der Waals surface area contributed by atoms with Crippen molar-refractivity contribution in [1.29, 1.82) is 0 Å². The fraction of sp³-hybridized carbons (Fsp3) is 0.355. The molecule has 4 N–H and O–H groups in total. The summed E-state index contributed by atoms with van der Waals surface area (Å²) < 4.78 is 0. The Balaban J connectivity index is 0.000000208. The summed E-state index contributed by atoms with van der Waals surface area (Å²) in [5, 5.41) is 0.560. The zero-order valence-electron chi connectivity index (χ0n) is 23.0. The number of hydrogen-bond acceptors (Lipinski definition) is 5. The third kappa shape index (κ3) is 10.8. The summed E-state index contributed by atoms with van der Waals surface area (Å²) in [5.74, 6) is 2.19. The SMILES string of the molecule is CC(C)C1=CN(Cc2ccccc2)C(N)C=C1.CC(C)c1ccc(Cl)nc1.CC(C)c1ccc(N)nc1. The van der Waals surface area contributed by atoms with Crippen molar-refractivity contribution in [3.8, 4) is 0 Å². The number of anilines is 1. The monoisotopic (exact) mass is 519 g/mol. The number of allylic oxidation sites excluding steroid dienone is 2. The molecular weight excluding hydrogens is 478 g/mol. The third-order valence-electron chi connectivity index (χ3n) is 5.95. The summed E-state index contributed by atoms with van der Waals surface area (Å²) in [6.45, 7) is 13.8. The molecule has 0 fully saturated rings. The van der Waals surface area contributed by atoms with Gasteiger partial charge in [0.25, 0.3) is 0 Å². The maximum atomic E-state index is 6.08. The molecule has 0 spiro atoms. The second-order valence-electron chi connectivity index (χ2n) is 10.0. The molecule has 3 aromatic rings. The second kappa shape index (κ2) is 15.2. The molecule has 1 aromatic carbocycles. The van der Waals surface area contributed by atoms with Gasteiger partial charge in [-0.1, -0.05) is 102 Å². The lowest BCUT2D eigenvalue weighted by Gasteiger charge is -2.30. The summed E-state index contributed by atoms with van der Waals surface area (Å²) in [7, 11) is 0. The molecule has 5 nitrogen and oxygen atoms in total. The first-order valence-corrected chi connectivity index (χ1v) is 13.2. The van der Waals surface area contributed by atoms with Crippen molar-refractivity contribution in [2.45, 2.75) is 66.1 Å². The van der Waals surface area contributed by atoms with Gasteiger partial charge < -0.3 is 16.4 Å². The minimum absolute atomic E-state index is 0.0160. The lowest BCUT2D eigenvalue weighted by Crippen LogP contribution is -2.38. The van der Waals surface area contributed by atoms with Crippen LogP contribution in [0.15, 0.2) is 90.9 Å². The van der Waals surface area contributed by atoms with E-state index in [0.29, 0.717) is 28.7 Å². The number of nitrogens with two attached hydrogens (primary N) is 2. The predicted octanol–water partition coefficient (Wildman–Crippen LogP) is 7.53. The number of rotatable bonds is 5. The van der Waals surface area contributed by atoms with Crippen molar-refractivity contribution in [3.05, 3.63) is 113 Å². The van der Waals surface area contributed by atoms with Gasteiger partial charge in [0, 0.05) is 25.1 Å². The van der Waals surface area contributed by atoms with Crippen LogP contribution in [-0.4, -0.2) is 21.0 Å². The first-order chi connectivity index (χ1) is 17.6. The van der Waals surface area contributed by atoms with Gasteiger partial charge in [0.2, 0.25) is 0 Å². The number of aromatic nitrogens is 2. The summed E-state index contributed by atoms with van der Waals surface area (Å²) in [4.78, 5) is 10.1. The highest BCUT2D eigenvalue weighted by molar-refractivity contribution is 6.29. The maximum absolute atomic E-state index is 6.08. The van der Waals surface area contributed by atoms with Gasteiger partial charge >= 0.3 is 0 Å². The van der Waals surface area contributed by atoms with E-state index in [1.165, 1.54) is 22.3 Å². The van der Waals surface area contributed by atoms with Crippen molar-refractivity contribution in [2.24, 2.45) is 11.7 Å². The number of hydrogen-bond donors (Lipinski definition) is 2. The molecule has 0 bridgehead atoms. The van der Waals surface area contributed by atoms with Gasteiger partial charge in [-0.2, -0.15) is 0 Å². The molecule has 1 aliphatic heterocycles. The van der Waals surface area contributed by atoms with E-state index in [9.17, 15) is 0 Å². The fourth-order valence-corrected chi connectivity index (χ4v) is 3.53. The Morgan fingerprint density at radius 3 is 1.89 bits per heavy atom. The summed E-state index contributed by atoms with van der Waals surface area (Å²) in [6.07, 6.45) is 10.0.